The van der Waals surface area contributed by atoms with Gasteiger partial charge in [-0.3, -0.25) is 0 Å². The van der Waals surface area contributed by atoms with Gasteiger partial charge in [-0.15, -0.1) is 0 Å². The van der Waals surface area contributed by atoms with Crippen LogP contribution in [0.4, 0.5) is 0 Å². The van der Waals surface area contributed by atoms with Crippen molar-refractivity contribution in [3.63, 3.8) is 0 Å². The quantitative estimate of drug-likeness (QED) is 0.867. The van der Waals surface area contributed by atoms with E-state index >= 15 is 0 Å². The molecule has 2 aliphatic rings. The second kappa shape index (κ2) is 4.31. The molecule has 1 saturated heterocycles. The fraction of sp³-hybridized carbons (Fsp3) is 0.571. The van der Waals surface area contributed by atoms with Gasteiger partial charge in [-0.2, -0.15) is 0 Å². The second-order valence-corrected chi connectivity index (χ2v) is 5.44. The molecule has 1 aromatic carbocycles. The van der Waals surface area contributed by atoms with Crippen LogP contribution in [0.25, 0.3) is 0 Å². The summed E-state index contributed by atoms with van der Waals surface area (Å²) in [6.07, 6.45) is 1.10. The van der Waals surface area contributed by atoms with Gasteiger partial charge in [0.25, 0.3) is 0 Å². The minimum atomic E-state index is 0.192. The second-order valence-electron chi connectivity index (χ2n) is 5.44. The van der Waals surface area contributed by atoms with E-state index in [1.807, 2.05) is 0 Å². The molecule has 1 unspecified atom stereocenters. The minimum Gasteiger partial charge on any atom is -0.493 e. The van der Waals surface area contributed by atoms with Crippen LogP contribution in [-0.2, 0) is 17.8 Å². The molecular weight excluding hydrogens is 214 g/mol. The standard InChI is InChI=1S/C14H19NO2/c1-14(4-5-16-9-14)10-17-13-3-2-11-7-15-8-12(11)6-13/h2-3,6,15H,4-5,7-10H2,1H3. The Hall–Kier alpha value is -1.06. The molecule has 2 heterocycles. The molecule has 0 radical (unpaired) electrons. The summed E-state index contributed by atoms with van der Waals surface area (Å²) in [6, 6.07) is 6.40. The summed E-state index contributed by atoms with van der Waals surface area (Å²) < 4.78 is 11.3. The molecule has 2 aliphatic heterocycles. The molecule has 3 nitrogen and oxygen atoms in total. The van der Waals surface area contributed by atoms with Gasteiger partial charge >= 0.3 is 0 Å². The van der Waals surface area contributed by atoms with Gasteiger partial charge in [-0.05, 0) is 29.7 Å². The van der Waals surface area contributed by atoms with E-state index in [2.05, 4.69) is 30.4 Å². The Balaban J connectivity index is 1.65. The SMILES string of the molecule is CC1(COc2ccc3c(c2)CNC3)CCOC1. The molecule has 1 N–H and O–H groups in total. The van der Waals surface area contributed by atoms with Crippen LogP contribution in [0.15, 0.2) is 18.2 Å². The van der Waals surface area contributed by atoms with Gasteiger partial charge in [-0.25, -0.2) is 0 Å². The van der Waals surface area contributed by atoms with E-state index in [0.717, 1.165) is 45.1 Å². The number of fused-ring (bicyclic) bond motifs is 1. The van der Waals surface area contributed by atoms with Crippen molar-refractivity contribution in [3.05, 3.63) is 29.3 Å². The van der Waals surface area contributed by atoms with Gasteiger partial charge in [-0.1, -0.05) is 13.0 Å². The average molecular weight is 233 g/mol. The van der Waals surface area contributed by atoms with Gasteiger partial charge in [0.05, 0.1) is 13.2 Å². The van der Waals surface area contributed by atoms with E-state index in [-0.39, 0.29) is 5.41 Å². The lowest BCUT2D eigenvalue weighted by atomic mass is 9.91. The molecule has 1 fully saturated rings. The topological polar surface area (TPSA) is 30.5 Å². The predicted molar refractivity (Wildman–Crippen MR) is 66.0 cm³/mol. The van der Waals surface area contributed by atoms with Crippen molar-refractivity contribution < 1.29 is 9.47 Å². The maximum Gasteiger partial charge on any atom is 0.119 e. The molecule has 1 atom stereocenters. The van der Waals surface area contributed by atoms with Gasteiger partial charge in [0.2, 0.25) is 0 Å². The first-order valence-corrected chi connectivity index (χ1v) is 6.28. The highest BCUT2D eigenvalue weighted by Crippen LogP contribution is 2.29. The minimum absolute atomic E-state index is 0.192. The van der Waals surface area contributed by atoms with Crippen LogP contribution in [-0.4, -0.2) is 19.8 Å². The first-order chi connectivity index (χ1) is 8.25. The molecule has 92 valence electrons. The summed E-state index contributed by atoms with van der Waals surface area (Å²) in [5.74, 6) is 0.987. The average Bonchev–Trinajstić information content (AvgIpc) is 2.95. The van der Waals surface area contributed by atoms with E-state index in [4.69, 9.17) is 9.47 Å². The lowest BCUT2D eigenvalue weighted by molar-refractivity contribution is 0.118. The van der Waals surface area contributed by atoms with Crippen LogP contribution in [0.5, 0.6) is 5.75 Å². The zero-order valence-corrected chi connectivity index (χ0v) is 10.3. The molecule has 0 bridgehead atoms. The van der Waals surface area contributed by atoms with Crippen LogP contribution in [0.2, 0.25) is 0 Å². The van der Waals surface area contributed by atoms with Crippen LogP contribution >= 0.6 is 0 Å². The Kier molecular flexibility index (Phi) is 2.81. The lowest BCUT2D eigenvalue weighted by Gasteiger charge is -2.22. The first-order valence-electron chi connectivity index (χ1n) is 6.28. The number of rotatable bonds is 3. The molecule has 3 rings (SSSR count). The van der Waals surface area contributed by atoms with Crippen molar-refractivity contribution in [1.29, 1.82) is 0 Å². The zero-order valence-electron chi connectivity index (χ0n) is 10.3. The van der Waals surface area contributed by atoms with Crippen molar-refractivity contribution in [2.75, 3.05) is 19.8 Å². The number of benzene rings is 1. The highest BCUT2D eigenvalue weighted by Gasteiger charge is 2.30. The van der Waals surface area contributed by atoms with Crippen molar-refractivity contribution in [1.82, 2.24) is 5.32 Å². The van der Waals surface area contributed by atoms with Crippen LogP contribution in [0.1, 0.15) is 24.5 Å². The Morgan fingerprint density at radius 3 is 3.06 bits per heavy atom. The largest absolute Gasteiger partial charge is 0.493 e. The van der Waals surface area contributed by atoms with Crippen LogP contribution < -0.4 is 10.1 Å². The van der Waals surface area contributed by atoms with E-state index in [1.54, 1.807) is 0 Å². The van der Waals surface area contributed by atoms with Crippen LogP contribution in [0.3, 0.4) is 0 Å². The van der Waals surface area contributed by atoms with E-state index in [9.17, 15) is 0 Å². The number of hydrogen-bond acceptors (Lipinski definition) is 3. The summed E-state index contributed by atoms with van der Waals surface area (Å²) in [5.41, 5.74) is 2.96. The summed E-state index contributed by atoms with van der Waals surface area (Å²) in [7, 11) is 0. The van der Waals surface area contributed by atoms with E-state index in [1.165, 1.54) is 11.1 Å². The fourth-order valence-corrected chi connectivity index (χ4v) is 2.44. The molecular formula is C14H19NO2. The van der Waals surface area contributed by atoms with Crippen molar-refractivity contribution in [2.24, 2.45) is 5.41 Å². The van der Waals surface area contributed by atoms with Gasteiger partial charge < -0.3 is 14.8 Å². The Bertz CT molecular complexity index is 411. The Morgan fingerprint density at radius 1 is 1.35 bits per heavy atom. The molecule has 0 amide bonds. The highest BCUT2D eigenvalue weighted by molar-refractivity contribution is 5.37. The first kappa shape index (κ1) is 11.1. The van der Waals surface area contributed by atoms with Crippen LogP contribution in [0, 0.1) is 5.41 Å². The Morgan fingerprint density at radius 2 is 2.24 bits per heavy atom. The van der Waals surface area contributed by atoms with Gasteiger partial charge in [0, 0.05) is 25.1 Å². The number of hydrogen-bond donors (Lipinski definition) is 1. The maximum atomic E-state index is 5.91. The molecule has 3 heteroatoms. The molecule has 1 aromatic rings. The van der Waals surface area contributed by atoms with Crippen molar-refractivity contribution in [3.8, 4) is 5.75 Å². The number of ether oxygens (including phenoxy) is 2. The fourth-order valence-electron chi connectivity index (χ4n) is 2.44. The monoisotopic (exact) mass is 233 g/mol. The molecule has 17 heavy (non-hydrogen) atoms. The van der Waals surface area contributed by atoms with Gasteiger partial charge in [0.15, 0.2) is 0 Å². The molecule has 0 saturated carbocycles. The lowest BCUT2D eigenvalue weighted by Crippen LogP contribution is -2.25. The van der Waals surface area contributed by atoms with Crippen molar-refractivity contribution >= 4 is 0 Å². The molecule has 0 aliphatic carbocycles. The van der Waals surface area contributed by atoms with E-state index < -0.39 is 0 Å². The molecule has 0 aromatic heterocycles. The third-order valence-electron chi connectivity index (χ3n) is 3.70. The zero-order chi connectivity index (χ0) is 11.7. The van der Waals surface area contributed by atoms with E-state index in [0.29, 0.717) is 0 Å². The highest BCUT2D eigenvalue weighted by atomic mass is 16.5. The third kappa shape index (κ3) is 2.31. The molecule has 0 spiro atoms. The Labute approximate surface area is 102 Å². The summed E-state index contributed by atoms with van der Waals surface area (Å²) >= 11 is 0. The summed E-state index contributed by atoms with van der Waals surface area (Å²) in [6.45, 7) is 6.62. The smallest absolute Gasteiger partial charge is 0.119 e. The number of nitrogens with one attached hydrogen (secondary N) is 1. The summed E-state index contributed by atoms with van der Waals surface area (Å²) in [5, 5.41) is 3.34. The van der Waals surface area contributed by atoms with Gasteiger partial charge in [0.1, 0.15) is 5.75 Å². The normalized spacial score (nSPS) is 27.1. The third-order valence-corrected chi connectivity index (χ3v) is 3.70. The summed E-state index contributed by atoms with van der Waals surface area (Å²) in [4.78, 5) is 0. The predicted octanol–water partition coefficient (Wildman–Crippen LogP) is 2.10. The maximum absolute atomic E-state index is 5.91. The van der Waals surface area contributed by atoms with Crippen molar-refractivity contribution in [2.45, 2.75) is 26.4 Å².